The van der Waals surface area contributed by atoms with Crippen LogP contribution in [0.25, 0.3) is 0 Å². The monoisotopic (exact) mass is 360 g/mol. The van der Waals surface area contributed by atoms with Crippen LogP contribution >= 0.6 is 0 Å². The van der Waals surface area contributed by atoms with Gasteiger partial charge in [-0.2, -0.15) is 5.10 Å². The second-order valence-electron chi connectivity index (χ2n) is 5.99. The Labute approximate surface area is 146 Å². The average Bonchev–Trinajstić information content (AvgIpc) is 3.22. The minimum absolute atomic E-state index is 0.00920. The first-order valence-corrected chi connectivity index (χ1v) is 9.37. The first-order chi connectivity index (χ1) is 11.9. The largest absolute Gasteiger partial charge is 0.359 e. The Balaban J connectivity index is 2.10. The Hall–Kier alpha value is -2.61. The fraction of sp³-hybridized carbons (Fsp3) is 0.294. The zero-order valence-electron chi connectivity index (χ0n) is 14.3. The van der Waals surface area contributed by atoms with Crippen molar-refractivity contribution in [1.82, 2.24) is 14.9 Å². The van der Waals surface area contributed by atoms with Crippen LogP contribution in [0.2, 0.25) is 0 Å². The Bertz CT molecular complexity index is 945. The van der Waals surface area contributed by atoms with Crippen LogP contribution in [0.15, 0.2) is 58.1 Å². The van der Waals surface area contributed by atoms with Crippen molar-refractivity contribution < 1.29 is 12.9 Å². The highest BCUT2D eigenvalue weighted by Gasteiger charge is 2.29. The summed E-state index contributed by atoms with van der Waals surface area (Å²) in [5.41, 5.74) is 0.699. The molecule has 0 aliphatic heterocycles. The molecule has 132 valence electrons. The molecule has 7 nitrogen and oxygen atoms in total. The van der Waals surface area contributed by atoms with Crippen LogP contribution in [0, 0.1) is 6.92 Å². The maximum absolute atomic E-state index is 13.2. The lowest BCUT2D eigenvalue weighted by Gasteiger charge is -2.25. The van der Waals surface area contributed by atoms with Gasteiger partial charge in [0.15, 0.2) is 5.76 Å². The first-order valence-electron chi connectivity index (χ1n) is 7.93. The molecular formula is C17H20N4O3S. The summed E-state index contributed by atoms with van der Waals surface area (Å²) in [4.78, 5) is 0.211. The number of aromatic nitrogens is 3. The van der Waals surface area contributed by atoms with Gasteiger partial charge in [0.1, 0.15) is 5.82 Å². The topological polar surface area (TPSA) is 81.2 Å². The molecule has 25 heavy (non-hydrogen) atoms. The Morgan fingerprint density at radius 3 is 2.52 bits per heavy atom. The Morgan fingerprint density at radius 1 is 1.20 bits per heavy atom. The summed E-state index contributed by atoms with van der Waals surface area (Å²) in [6, 6.07) is 11.7. The van der Waals surface area contributed by atoms with E-state index in [1.165, 1.54) is 4.31 Å². The molecule has 8 heteroatoms. The molecule has 0 fully saturated rings. The predicted octanol–water partition coefficient (Wildman–Crippen LogP) is 3.16. The van der Waals surface area contributed by atoms with E-state index in [1.807, 2.05) is 13.8 Å². The molecule has 2 heterocycles. The number of anilines is 1. The van der Waals surface area contributed by atoms with Crippen molar-refractivity contribution in [3.8, 4) is 0 Å². The van der Waals surface area contributed by atoms with Crippen LogP contribution in [-0.2, 0) is 16.6 Å². The number of benzene rings is 1. The van der Waals surface area contributed by atoms with Crippen LogP contribution in [0.3, 0.4) is 0 Å². The molecule has 0 aliphatic carbocycles. The third-order valence-corrected chi connectivity index (χ3v) is 5.47. The minimum atomic E-state index is -3.78. The summed E-state index contributed by atoms with van der Waals surface area (Å²) in [6.07, 6.45) is 1.59. The summed E-state index contributed by atoms with van der Waals surface area (Å²) < 4.78 is 34.7. The van der Waals surface area contributed by atoms with E-state index < -0.39 is 10.0 Å². The zero-order chi connectivity index (χ0) is 18.0. The highest BCUT2D eigenvalue weighted by atomic mass is 32.2. The van der Waals surface area contributed by atoms with Crippen molar-refractivity contribution in [2.75, 3.05) is 4.31 Å². The standard InChI is InChI=1S/C17H20N4O3S/c1-13(2)21-17(9-10-18-21)20(12-15-11-14(3)19-24-15)25(22,23)16-7-5-4-6-8-16/h4-11,13H,12H2,1-3H3. The lowest BCUT2D eigenvalue weighted by atomic mass is 10.3. The van der Waals surface area contributed by atoms with Crippen LogP contribution in [0.1, 0.15) is 31.3 Å². The lowest BCUT2D eigenvalue weighted by Crippen LogP contribution is -2.32. The van der Waals surface area contributed by atoms with Gasteiger partial charge in [0, 0.05) is 18.2 Å². The predicted molar refractivity (Wildman–Crippen MR) is 93.7 cm³/mol. The summed E-state index contributed by atoms with van der Waals surface area (Å²) in [6.45, 7) is 5.72. The van der Waals surface area contributed by atoms with Crippen LogP contribution in [-0.4, -0.2) is 23.4 Å². The molecule has 0 atom stereocenters. The SMILES string of the molecule is Cc1cc(CN(c2ccnn2C(C)C)S(=O)(=O)c2ccccc2)on1. The molecule has 0 saturated carbocycles. The van der Waals surface area contributed by atoms with E-state index in [1.54, 1.807) is 60.3 Å². The van der Waals surface area contributed by atoms with Crippen molar-refractivity contribution in [1.29, 1.82) is 0 Å². The van der Waals surface area contributed by atoms with Crippen molar-refractivity contribution in [3.63, 3.8) is 0 Å². The van der Waals surface area contributed by atoms with Crippen LogP contribution in [0.5, 0.6) is 0 Å². The highest BCUT2D eigenvalue weighted by molar-refractivity contribution is 7.92. The Kier molecular flexibility index (Phi) is 4.63. The van der Waals surface area contributed by atoms with Gasteiger partial charge in [-0.25, -0.2) is 17.4 Å². The van der Waals surface area contributed by atoms with E-state index >= 15 is 0 Å². The zero-order valence-corrected chi connectivity index (χ0v) is 15.1. The number of sulfonamides is 1. The minimum Gasteiger partial charge on any atom is -0.359 e. The third kappa shape index (κ3) is 3.43. The Morgan fingerprint density at radius 2 is 1.92 bits per heavy atom. The number of hydrogen-bond donors (Lipinski definition) is 0. The van der Waals surface area contributed by atoms with Crippen molar-refractivity contribution >= 4 is 15.8 Å². The summed E-state index contributed by atoms with van der Waals surface area (Å²) in [7, 11) is -3.78. The molecular weight excluding hydrogens is 340 g/mol. The van der Waals surface area contributed by atoms with Gasteiger partial charge in [-0.15, -0.1) is 0 Å². The molecule has 0 bridgehead atoms. The molecule has 0 unspecified atom stereocenters. The van der Waals surface area contributed by atoms with Crippen molar-refractivity contribution in [3.05, 3.63) is 60.1 Å². The molecule has 0 spiro atoms. The van der Waals surface area contributed by atoms with Crippen molar-refractivity contribution in [2.24, 2.45) is 0 Å². The summed E-state index contributed by atoms with van der Waals surface area (Å²) >= 11 is 0. The fourth-order valence-corrected chi connectivity index (χ4v) is 3.99. The number of nitrogens with zero attached hydrogens (tertiary/aromatic N) is 4. The molecule has 0 amide bonds. The fourth-order valence-electron chi connectivity index (χ4n) is 2.54. The second kappa shape index (κ2) is 6.72. The van der Waals surface area contributed by atoms with Gasteiger partial charge in [0.25, 0.3) is 10.0 Å². The van der Waals surface area contributed by atoms with Gasteiger partial charge in [0.05, 0.1) is 23.3 Å². The maximum Gasteiger partial charge on any atom is 0.265 e. The molecule has 0 radical (unpaired) electrons. The normalized spacial score (nSPS) is 11.8. The third-order valence-electron chi connectivity index (χ3n) is 3.70. The van der Waals surface area contributed by atoms with Crippen molar-refractivity contribution in [2.45, 2.75) is 38.3 Å². The van der Waals surface area contributed by atoms with Gasteiger partial charge >= 0.3 is 0 Å². The lowest BCUT2D eigenvalue weighted by molar-refractivity contribution is 0.380. The molecule has 1 aromatic carbocycles. The van der Waals surface area contributed by atoms with E-state index in [4.69, 9.17) is 4.52 Å². The average molecular weight is 360 g/mol. The second-order valence-corrected chi connectivity index (χ2v) is 7.85. The summed E-state index contributed by atoms with van der Waals surface area (Å²) in [5, 5.41) is 8.10. The number of hydrogen-bond acceptors (Lipinski definition) is 5. The van der Waals surface area contributed by atoms with Gasteiger partial charge in [-0.1, -0.05) is 23.4 Å². The van der Waals surface area contributed by atoms with E-state index in [-0.39, 0.29) is 17.5 Å². The molecule has 0 saturated heterocycles. The van der Waals surface area contributed by atoms with Gasteiger partial charge < -0.3 is 4.52 Å². The van der Waals surface area contributed by atoms with Crippen LogP contribution in [0.4, 0.5) is 5.82 Å². The molecule has 0 N–H and O–H groups in total. The quantitative estimate of drug-likeness (QED) is 0.674. The highest BCUT2D eigenvalue weighted by Crippen LogP contribution is 2.27. The van der Waals surface area contributed by atoms with E-state index in [0.717, 1.165) is 0 Å². The number of rotatable bonds is 6. The molecule has 3 rings (SSSR count). The molecule has 0 aliphatic rings. The van der Waals surface area contributed by atoms with Gasteiger partial charge in [-0.3, -0.25) is 0 Å². The van der Waals surface area contributed by atoms with E-state index in [9.17, 15) is 8.42 Å². The maximum atomic E-state index is 13.2. The van der Waals surface area contributed by atoms with E-state index in [0.29, 0.717) is 17.3 Å². The van der Waals surface area contributed by atoms with Crippen LogP contribution < -0.4 is 4.31 Å². The molecule has 2 aromatic heterocycles. The van der Waals surface area contributed by atoms with E-state index in [2.05, 4.69) is 10.3 Å². The summed E-state index contributed by atoms with van der Waals surface area (Å²) in [5.74, 6) is 0.946. The van der Waals surface area contributed by atoms with Gasteiger partial charge in [0.2, 0.25) is 0 Å². The molecule has 3 aromatic rings. The number of aryl methyl sites for hydroxylation is 1. The smallest absolute Gasteiger partial charge is 0.265 e. The van der Waals surface area contributed by atoms with Gasteiger partial charge in [-0.05, 0) is 32.9 Å². The first kappa shape index (κ1) is 17.2.